The molecule has 0 bridgehead atoms. The molecule has 1 N–H and O–H groups in total. The van der Waals surface area contributed by atoms with Crippen molar-refractivity contribution >= 4 is 15.9 Å². The van der Waals surface area contributed by atoms with Gasteiger partial charge in [-0.05, 0) is 38.2 Å². The molecule has 6 heteroatoms. The van der Waals surface area contributed by atoms with Gasteiger partial charge in [-0.15, -0.1) is 0 Å². The van der Waals surface area contributed by atoms with E-state index in [1.54, 1.807) is 0 Å². The first-order valence-corrected chi connectivity index (χ1v) is 9.89. The molecule has 5 nitrogen and oxygen atoms in total. The Kier molecular flexibility index (Phi) is 4.73. The smallest absolute Gasteiger partial charge is 0.223 e. The maximum absolute atomic E-state index is 12.6. The first-order chi connectivity index (χ1) is 10.9. The molecule has 1 aliphatic carbocycles. The molecule has 0 aromatic heterocycles. The van der Waals surface area contributed by atoms with Crippen molar-refractivity contribution < 1.29 is 13.2 Å². The summed E-state index contributed by atoms with van der Waals surface area (Å²) in [5.41, 5.74) is 1.88. The maximum atomic E-state index is 12.6. The van der Waals surface area contributed by atoms with Crippen LogP contribution in [-0.2, 0) is 20.6 Å². The van der Waals surface area contributed by atoms with E-state index in [0.717, 1.165) is 24.0 Å². The van der Waals surface area contributed by atoms with Crippen LogP contribution in [0.2, 0.25) is 0 Å². The van der Waals surface area contributed by atoms with Gasteiger partial charge >= 0.3 is 0 Å². The van der Waals surface area contributed by atoms with Crippen molar-refractivity contribution in [1.82, 2.24) is 9.62 Å². The van der Waals surface area contributed by atoms with E-state index in [-0.39, 0.29) is 17.6 Å². The number of hydrogen-bond acceptors (Lipinski definition) is 3. The normalized spacial score (nSPS) is 20.4. The van der Waals surface area contributed by atoms with Crippen molar-refractivity contribution in [1.29, 1.82) is 0 Å². The summed E-state index contributed by atoms with van der Waals surface area (Å²) in [4.78, 5) is 12.1. The predicted molar refractivity (Wildman–Crippen MR) is 89.3 cm³/mol. The van der Waals surface area contributed by atoms with E-state index in [9.17, 15) is 13.2 Å². The maximum Gasteiger partial charge on any atom is 0.223 e. The van der Waals surface area contributed by atoms with Crippen LogP contribution in [-0.4, -0.2) is 37.8 Å². The van der Waals surface area contributed by atoms with Crippen molar-refractivity contribution in [3.63, 3.8) is 0 Å². The van der Waals surface area contributed by atoms with Gasteiger partial charge in [0.25, 0.3) is 0 Å². The lowest BCUT2D eigenvalue weighted by Crippen LogP contribution is -2.43. The number of piperidine rings is 1. The number of aryl methyl sites for hydroxylation is 1. The van der Waals surface area contributed by atoms with Gasteiger partial charge in [0.15, 0.2) is 0 Å². The largest absolute Gasteiger partial charge is 0.353 e. The highest BCUT2D eigenvalue weighted by Gasteiger charge is 2.33. The number of amides is 1. The molecule has 23 heavy (non-hydrogen) atoms. The molecule has 1 saturated heterocycles. The van der Waals surface area contributed by atoms with E-state index in [2.05, 4.69) is 5.32 Å². The quantitative estimate of drug-likeness (QED) is 0.892. The van der Waals surface area contributed by atoms with Crippen molar-refractivity contribution in [3.8, 4) is 0 Å². The molecule has 0 unspecified atom stereocenters. The van der Waals surface area contributed by atoms with Crippen LogP contribution in [0.25, 0.3) is 0 Å². The lowest BCUT2D eigenvalue weighted by atomic mass is 9.97. The molecule has 1 saturated carbocycles. The Bertz CT molecular complexity index is 675. The molecule has 0 radical (unpaired) electrons. The molecular weight excluding hydrogens is 312 g/mol. The van der Waals surface area contributed by atoms with Crippen LogP contribution in [0.5, 0.6) is 0 Å². The molecular formula is C17H24N2O3S. The topological polar surface area (TPSA) is 66.5 Å². The van der Waals surface area contributed by atoms with Gasteiger partial charge in [0.2, 0.25) is 15.9 Å². The van der Waals surface area contributed by atoms with Crippen molar-refractivity contribution in [3.05, 3.63) is 35.4 Å². The van der Waals surface area contributed by atoms with Crippen LogP contribution >= 0.6 is 0 Å². The van der Waals surface area contributed by atoms with E-state index in [4.69, 9.17) is 0 Å². The fraction of sp³-hybridized carbons (Fsp3) is 0.588. The SMILES string of the molecule is Cc1cccc(CS(=O)(=O)N2CCC(C(=O)NC3CC3)CC2)c1. The molecule has 0 spiro atoms. The Hall–Kier alpha value is -1.40. The first-order valence-electron chi connectivity index (χ1n) is 8.28. The molecule has 2 aliphatic rings. The molecule has 1 aromatic carbocycles. The predicted octanol–water partition coefficient (Wildman–Crippen LogP) is 1.82. The zero-order chi connectivity index (χ0) is 16.4. The minimum Gasteiger partial charge on any atom is -0.353 e. The second-order valence-electron chi connectivity index (χ2n) is 6.70. The van der Waals surface area contributed by atoms with Crippen LogP contribution in [0.4, 0.5) is 0 Å². The van der Waals surface area contributed by atoms with Gasteiger partial charge in [0.1, 0.15) is 0 Å². The van der Waals surface area contributed by atoms with Crippen molar-refractivity contribution in [2.75, 3.05) is 13.1 Å². The number of hydrogen-bond donors (Lipinski definition) is 1. The third-order valence-corrected chi connectivity index (χ3v) is 6.42. The zero-order valence-corrected chi connectivity index (χ0v) is 14.3. The monoisotopic (exact) mass is 336 g/mol. The van der Waals surface area contributed by atoms with E-state index in [0.29, 0.717) is 32.0 Å². The fourth-order valence-corrected chi connectivity index (χ4v) is 4.60. The Morgan fingerprint density at radius 2 is 1.91 bits per heavy atom. The average molecular weight is 336 g/mol. The lowest BCUT2D eigenvalue weighted by molar-refractivity contribution is -0.126. The zero-order valence-electron chi connectivity index (χ0n) is 13.5. The van der Waals surface area contributed by atoms with Gasteiger partial charge in [-0.3, -0.25) is 4.79 Å². The number of nitrogens with one attached hydrogen (secondary N) is 1. The number of rotatable bonds is 5. The van der Waals surface area contributed by atoms with Crippen molar-refractivity contribution in [2.24, 2.45) is 5.92 Å². The summed E-state index contributed by atoms with van der Waals surface area (Å²) in [5.74, 6) is 0.0948. The fourth-order valence-electron chi connectivity index (χ4n) is 3.05. The molecule has 1 aromatic rings. The summed E-state index contributed by atoms with van der Waals surface area (Å²) >= 11 is 0. The van der Waals surface area contributed by atoms with Gasteiger partial charge in [-0.2, -0.15) is 0 Å². The lowest BCUT2D eigenvalue weighted by Gasteiger charge is -2.30. The minimum atomic E-state index is -3.31. The standard InChI is InChI=1S/C17H24N2O3S/c1-13-3-2-4-14(11-13)12-23(21,22)19-9-7-15(8-10-19)17(20)18-16-5-6-16/h2-4,11,15-16H,5-10,12H2,1H3,(H,18,20). The average Bonchev–Trinajstić information content (AvgIpc) is 3.31. The van der Waals surface area contributed by atoms with Crippen LogP contribution < -0.4 is 5.32 Å². The third-order valence-electron chi connectivity index (χ3n) is 4.57. The molecule has 1 amide bonds. The van der Waals surface area contributed by atoms with Crippen molar-refractivity contribution in [2.45, 2.75) is 44.4 Å². The number of carbonyl (C=O) groups is 1. The van der Waals surface area contributed by atoms with E-state index in [1.165, 1.54) is 4.31 Å². The van der Waals surface area contributed by atoms with Gasteiger partial charge in [-0.1, -0.05) is 29.8 Å². The molecule has 2 fully saturated rings. The highest BCUT2D eigenvalue weighted by Crippen LogP contribution is 2.24. The van der Waals surface area contributed by atoms with Crippen LogP contribution in [0.1, 0.15) is 36.8 Å². The summed E-state index contributed by atoms with van der Waals surface area (Å²) in [7, 11) is -3.31. The van der Waals surface area contributed by atoms with Crippen LogP contribution in [0.15, 0.2) is 24.3 Å². The summed E-state index contributed by atoms with van der Waals surface area (Å²) in [6, 6.07) is 7.97. The number of benzene rings is 1. The first kappa shape index (κ1) is 16.5. The van der Waals surface area contributed by atoms with Crippen LogP contribution in [0, 0.1) is 12.8 Å². The van der Waals surface area contributed by atoms with Gasteiger partial charge in [-0.25, -0.2) is 12.7 Å². The van der Waals surface area contributed by atoms with Gasteiger partial charge in [0, 0.05) is 25.0 Å². The summed E-state index contributed by atoms with van der Waals surface area (Å²) in [6.45, 7) is 2.84. The third kappa shape index (κ3) is 4.32. The Labute approximate surface area is 138 Å². The second kappa shape index (κ2) is 6.61. The van der Waals surface area contributed by atoms with E-state index in [1.807, 2.05) is 31.2 Å². The van der Waals surface area contributed by atoms with Crippen LogP contribution in [0.3, 0.4) is 0 Å². The Morgan fingerprint density at radius 1 is 1.22 bits per heavy atom. The van der Waals surface area contributed by atoms with E-state index < -0.39 is 10.0 Å². The molecule has 0 atom stereocenters. The Morgan fingerprint density at radius 3 is 2.52 bits per heavy atom. The molecule has 1 aliphatic heterocycles. The van der Waals surface area contributed by atoms with Gasteiger partial charge < -0.3 is 5.32 Å². The number of sulfonamides is 1. The summed E-state index contributed by atoms with van der Waals surface area (Å²) in [5, 5.41) is 3.02. The Balaban J connectivity index is 1.56. The number of carbonyl (C=O) groups excluding carboxylic acids is 1. The minimum absolute atomic E-state index is 0.0353. The molecule has 1 heterocycles. The van der Waals surface area contributed by atoms with E-state index >= 15 is 0 Å². The molecule has 126 valence electrons. The highest BCUT2D eigenvalue weighted by molar-refractivity contribution is 7.88. The second-order valence-corrected chi connectivity index (χ2v) is 8.67. The molecule has 3 rings (SSSR count). The summed E-state index contributed by atoms with van der Waals surface area (Å²) in [6.07, 6.45) is 3.39. The highest BCUT2D eigenvalue weighted by atomic mass is 32.2. The summed E-state index contributed by atoms with van der Waals surface area (Å²) < 4.78 is 26.6. The number of nitrogens with zero attached hydrogens (tertiary/aromatic N) is 1. The van der Waals surface area contributed by atoms with Gasteiger partial charge in [0.05, 0.1) is 5.75 Å².